The maximum absolute atomic E-state index is 11.6. The molecule has 0 radical (unpaired) electrons. The van der Waals surface area contributed by atoms with Gasteiger partial charge < -0.3 is 19.6 Å². The molecule has 0 N–H and O–H groups in total. The van der Waals surface area contributed by atoms with Crippen molar-refractivity contribution >= 4 is 52.4 Å². The Hall–Kier alpha value is 0.500. The van der Waals surface area contributed by atoms with E-state index in [0.29, 0.717) is 0 Å². The monoisotopic (exact) mass is 434 g/mol. The van der Waals surface area contributed by atoms with Gasteiger partial charge in [-0.05, 0) is 24.3 Å². The molecule has 0 amide bonds. The molecule has 0 saturated carbocycles. The zero-order valence-corrected chi connectivity index (χ0v) is 20.5. The van der Waals surface area contributed by atoms with Crippen molar-refractivity contribution in [2.75, 3.05) is 0 Å². The van der Waals surface area contributed by atoms with E-state index in [9.17, 15) is 18.0 Å². The van der Waals surface area contributed by atoms with E-state index in [1.165, 1.54) is 24.3 Å². The normalized spacial score (nSPS) is 14.4. The summed E-state index contributed by atoms with van der Waals surface area (Å²) >= 11 is 8.96. The smallest absolute Gasteiger partial charge is 1.00 e. The van der Waals surface area contributed by atoms with Gasteiger partial charge in [0.25, 0.3) is 0 Å². The molecule has 0 heterocycles. The molecule has 1 rings (SSSR count). The first kappa shape index (κ1) is 26.7. The van der Waals surface area contributed by atoms with Crippen molar-refractivity contribution in [3.63, 3.8) is 0 Å². The molecule has 1 aromatic carbocycles. The second kappa shape index (κ2) is 11.3. The van der Waals surface area contributed by atoms with Crippen LogP contribution in [-0.2, 0) is 58.4 Å². The molecule has 24 heavy (non-hydrogen) atoms. The van der Waals surface area contributed by atoms with Crippen molar-refractivity contribution in [3.8, 4) is 11.5 Å². The van der Waals surface area contributed by atoms with Crippen molar-refractivity contribution in [1.29, 1.82) is 0 Å². The molecule has 0 aliphatic rings. The minimum absolute atomic E-state index is 0. The van der Waals surface area contributed by atoms with Crippen LogP contribution < -0.4 is 67.5 Å². The fourth-order valence-corrected chi connectivity index (χ4v) is 3.49. The summed E-state index contributed by atoms with van der Waals surface area (Å²) in [5, 5.41) is 0. The molecule has 2 unspecified atom stereocenters. The molecule has 2 atom stereocenters. The van der Waals surface area contributed by atoms with Crippen LogP contribution in [0.4, 0.5) is 0 Å². The van der Waals surface area contributed by atoms with E-state index < -0.39 is 30.0 Å². The molecule has 126 valence electrons. The third-order valence-corrected chi connectivity index (χ3v) is 4.15. The zero-order valence-electron chi connectivity index (χ0n) is 15.2. The average molecular weight is 434 g/mol. The van der Waals surface area contributed by atoms with Crippen molar-refractivity contribution in [3.05, 3.63) is 24.3 Å². The van der Waals surface area contributed by atoms with Gasteiger partial charge in [0.15, 0.2) is 0 Å². The molecule has 8 nitrogen and oxygen atoms in total. The first-order valence-corrected chi connectivity index (χ1v) is 10.0. The summed E-state index contributed by atoms with van der Waals surface area (Å²) < 4.78 is 41.5. The first-order valence-electron chi connectivity index (χ1n) is 5.38. The largest absolute Gasteiger partial charge is 1.00 e. The van der Waals surface area contributed by atoms with E-state index in [2.05, 4.69) is 30.7 Å². The van der Waals surface area contributed by atoms with Crippen LogP contribution in [-0.4, -0.2) is 20.4 Å². The van der Waals surface area contributed by atoms with E-state index in [4.69, 9.17) is 8.37 Å². The van der Waals surface area contributed by atoms with E-state index >= 15 is 0 Å². The summed E-state index contributed by atoms with van der Waals surface area (Å²) in [6.45, 7) is 2.06. The molecule has 0 aliphatic carbocycles. The van der Waals surface area contributed by atoms with Crippen LogP contribution >= 0.6 is 0 Å². The Kier molecular flexibility index (Phi) is 12.5. The van der Waals surface area contributed by atoms with Gasteiger partial charge in [-0.1, -0.05) is 0 Å². The molecule has 1 aromatic rings. The van der Waals surface area contributed by atoms with Crippen LogP contribution in [0.3, 0.4) is 0 Å². The van der Waals surface area contributed by atoms with Gasteiger partial charge in [-0.2, -0.15) is 8.42 Å². The second-order valence-electron chi connectivity index (χ2n) is 3.60. The zero-order chi connectivity index (χ0) is 17.0. The van der Waals surface area contributed by atoms with E-state index in [1.54, 1.807) is 0 Å². The van der Waals surface area contributed by atoms with Gasteiger partial charge in [-0.3, -0.25) is 9.59 Å². The Balaban J connectivity index is -0.000000605. The van der Waals surface area contributed by atoms with Gasteiger partial charge in [-0.15, -0.1) is 0 Å². The Labute approximate surface area is 196 Å². The molecule has 0 fully saturated rings. The van der Waals surface area contributed by atoms with Gasteiger partial charge >= 0.3 is 89.2 Å². The topological polar surface area (TPSA) is 105 Å². The standard InChI is InChI=1S/C10H10O8S4.2Na.2H/c1-7(11)15-21(13,19)17-9-3-5-10(6-4-9)18-22(14,20)16-8(2)12;;;;/h3-6H,1-2H3;;;;/q;2*+1;2*-1. The second-order valence-corrected chi connectivity index (χ2v) is 8.35. The molecule has 0 saturated heterocycles. The molecular weight excluding hydrogens is 422 g/mol. The quantitative estimate of drug-likeness (QED) is 0.404. The summed E-state index contributed by atoms with van der Waals surface area (Å²) in [5.41, 5.74) is 0. The fraction of sp³-hybridized carbons (Fsp3) is 0.200. The Morgan fingerprint density at radius 2 is 1.08 bits per heavy atom. The van der Waals surface area contributed by atoms with Crippen LogP contribution in [0.15, 0.2) is 24.3 Å². The molecular formula is C10H12Na2O8S4. The summed E-state index contributed by atoms with van der Waals surface area (Å²) in [5.74, 6) is -1.69. The molecule has 0 aromatic heterocycles. The number of hydrogen-bond acceptors (Lipinski definition) is 10. The predicted molar refractivity (Wildman–Crippen MR) is 84.5 cm³/mol. The Morgan fingerprint density at radius 1 is 0.833 bits per heavy atom. The molecule has 0 aliphatic heterocycles. The van der Waals surface area contributed by atoms with Crippen LogP contribution in [0.5, 0.6) is 11.5 Å². The minimum Gasteiger partial charge on any atom is -1.00 e. The van der Waals surface area contributed by atoms with E-state index in [1.807, 2.05) is 0 Å². The van der Waals surface area contributed by atoms with Crippen LogP contribution in [0.1, 0.15) is 16.7 Å². The van der Waals surface area contributed by atoms with Crippen LogP contribution in [0.25, 0.3) is 0 Å². The van der Waals surface area contributed by atoms with Gasteiger partial charge in [0, 0.05) is 13.8 Å². The SMILES string of the molecule is CC(=O)OS(=O)(=S)Oc1ccc(OS(=O)(=S)OC(C)=O)cc1.[H-].[H-].[Na+].[Na+]. The third kappa shape index (κ3) is 11.2. The predicted octanol–water partition coefficient (Wildman–Crippen LogP) is -5.04. The van der Waals surface area contributed by atoms with Crippen molar-refractivity contribution in [2.45, 2.75) is 13.8 Å². The van der Waals surface area contributed by atoms with Crippen LogP contribution in [0.2, 0.25) is 0 Å². The summed E-state index contributed by atoms with van der Waals surface area (Å²) in [6, 6.07) is 5.01. The fourth-order valence-electron chi connectivity index (χ4n) is 1.11. The summed E-state index contributed by atoms with van der Waals surface area (Å²) in [4.78, 5) is 21.4. The number of benzene rings is 1. The molecule has 0 spiro atoms. The van der Waals surface area contributed by atoms with Gasteiger partial charge in [0.05, 0.1) is 22.4 Å². The van der Waals surface area contributed by atoms with Crippen LogP contribution in [0, 0.1) is 0 Å². The van der Waals surface area contributed by atoms with Crippen molar-refractivity contribution in [1.82, 2.24) is 0 Å². The minimum atomic E-state index is -3.70. The number of rotatable bonds is 6. The summed E-state index contributed by atoms with van der Waals surface area (Å²) in [6.07, 6.45) is 0. The number of carbonyl (C=O) groups is 2. The number of hydrogen-bond donors (Lipinski definition) is 0. The molecule has 14 heteroatoms. The first-order chi connectivity index (χ1) is 9.99. The Bertz CT molecular complexity index is 717. The maximum atomic E-state index is 11.6. The van der Waals surface area contributed by atoms with Gasteiger partial charge in [0.2, 0.25) is 0 Å². The van der Waals surface area contributed by atoms with Crippen molar-refractivity contribution < 1.29 is 96.7 Å². The maximum Gasteiger partial charge on any atom is 1.00 e. The average Bonchev–Trinajstić information content (AvgIpc) is 2.27. The van der Waals surface area contributed by atoms with E-state index in [0.717, 1.165) is 13.8 Å². The van der Waals surface area contributed by atoms with Gasteiger partial charge in [-0.25, -0.2) is 0 Å². The van der Waals surface area contributed by atoms with Gasteiger partial charge in [0.1, 0.15) is 11.5 Å². The third-order valence-electron chi connectivity index (χ3n) is 1.66. The molecule has 0 bridgehead atoms. The summed E-state index contributed by atoms with van der Waals surface area (Å²) in [7, 11) is -7.40. The van der Waals surface area contributed by atoms with E-state index in [-0.39, 0.29) is 73.5 Å². The van der Waals surface area contributed by atoms with Crippen molar-refractivity contribution in [2.24, 2.45) is 0 Å². The Morgan fingerprint density at radius 3 is 1.29 bits per heavy atom. The number of carbonyl (C=O) groups excluding carboxylic acids is 2.